The second-order valence-corrected chi connectivity index (χ2v) is 10.4. The molecule has 0 spiro atoms. The molecule has 2 unspecified atom stereocenters. The SMILES string of the molecule is CC1CCN(C2COC2)CC1(C)F.CCC(F)F.CCNc1nc(N)nn2ccc(-c3ccc(N=NC)c(C)n3)c12. The zero-order chi connectivity index (χ0) is 30.2. The summed E-state index contributed by atoms with van der Waals surface area (Å²) in [5.74, 6) is 1.11. The van der Waals surface area contributed by atoms with Gasteiger partial charge in [-0.15, -0.1) is 5.10 Å². The average molecular weight is 578 g/mol. The van der Waals surface area contributed by atoms with E-state index in [1.54, 1.807) is 18.5 Å². The number of rotatable bonds is 6. The van der Waals surface area contributed by atoms with Crippen LogP contribution in [0.4, 0.5) is 30.6 Å². The van der Waals surface area contributed by atoms with Gasteiger partial charge in [-0.05, 0) is 57.9 Å². The number of hydrogen-bond acceptors (Lipinski definition) is 9. The second kappa shape index (κ2) is 14.5. The first-order chi connectivity index (χ1) is 19.5. The van der Waals surface area contributed by atoms with Crippen molar-refractivity contribution in [3.63, 3.8) is 0 Å². The molecule has 13 heteroatoms. The van der Waals surface area contributed by atoms with Gasteiger partial charge in [-0.1, -0.05) is 13.8 Å². The molecule has 3 N–H and O–H groups in total. The Morgan fingerprint density at radius 1 is 1.22 bits per heavy atom. The lowest BCUT2D eigenvalue weighted by Crippen LogP contribution is -2.57. The number of hydrogen-bond donors (Lipinski definition) is 2. The molecular weight excluding hydrogens is 535 g/mol. The van der Waals surface area contributed by atoms with E-state index in [1.165, 1.54) is 6.92 Å². The molecule has 2 aliphatic rings. The van der Waals surface area contributed by atoms with Gasteiger partial charge in [-0.3, -0.25) is 9.88 Å². The Bertz CT molecular complexity index is 1290. The Kier molecular flexibility index (Phi) is 11.4. The van der Waals surface area contributed by atoms with Gasteiger partial charge in [-0.25, -0.2) is 17.7 Å². The summed E-state index contributed by atoms with van der Waals surface area (Å²) in [5.41, 5.74) is 8.93. The van der Waals surface area contributed by atoms with Gasteiger partial charge < -0.3 is 15.8 Å². The molecule has 10 nitrogen and oxygen atoms in total. The lowest BCUT2D eigenvalue weighted by molar-refractivity contribution is -0.101. The van der Waals surface area contributed by atoms with Gasteiger partial charge in [-0.2, -0.15) is 15.2 Å². The molecule has 0 amide bonds. The molecule has 226 valence electrons. The highest BCUT2D eigenvalue weighted by Gasteiger charge is 2.40. The molecule has 41 heavy (non-hydrogen) atoms. The summed E-state index contributed by atoms with van der Waals surface area (Å²) in [6, 6.07) is 6.26. The monoisotopic (exact) mass is 577 g/mol. The van der Waals surface area contributed by atoms with E-state index in [9.17, 15) is 13.2 Å². The first-order valence-electron chi connectivity index (χ1n) is 14.0. The lowest BCUT2D eigenvalue weighted by atomic mass is 9.85. The fraction of sp³-hybridized carbons (Fsp3) is 0.607. The normalized spacial score (nSPS) is 21.3. The van der Waals surface area contributed by atoms with E-state index in [1.807, 2.05) is 45.2 Å². The third kappa shape index (κ3) is 8.35. The number of fused-ring (bicyclic) bond motifs is 1. The first-order valence-corrected chi connectivity index (χ1v) is 14.0. The number of alkyl halides is 3. The Morgan fingerprint density at radius 3 is 2.46 bits per heavy atom. The molecule has 0 aliphatic carbocycles. The van der Waals surface area contributed by atoms with Crippen LogP contribution < -0.4 is 11.1 Å². The number of halogens is 3. The lowest BCUT2D eigenvalue weighted by Gasteiger charge is -2.45. The van der Waals surface area contributed by atoms with Gasteiger partial charge in [0.1, 0.15) is 16.9 Å². The summed E-state index contributed by atoms with van der Waals surface area (Å²) in [6.45, 7) is 13.0. The van der Waals surface area contributed by atoms with Crippen LogP contribution in [0.5, 0.6) is 0 Å². The molecule has 2 saturated heterocycles. The minimum absolute atomic E-state index is 0.0278. The van der Waals surface area contributed by atoms with E-state index in [0.717, 1.165) is 60.9 Å². The molecule has 0 aromatic carbocycles. The number of nitrogens with one attached hydrogen (secondary N) is 1. The van der Waals surface area contributed by atoms with Gasteiger partial charge in [0.2, 0.25) is 12.4 Å². The highest BCUT2D eigenvalue weighted by Crippen LogP contribution is 2.33. The maximum atomic E-state index is 14.0. The standard InChI is InChI=1S/C15H18N8.C10H18FNO.C3H6F2/c1-4-18-14-13-10(7-8-23(13)22-15(16)20-14)12-6-5-11(21-17-3)9(2)19-12;1-8-3-4-12(7-10(8,2)11)9-5-13-6-9;1-2-3(4)5/h5-8H,4H2,1-3H3,(H3,16,18,20,22);8-9H,3-7H2,1-2H3;3H,2H2,1H3. The van der Waals surface area contributed by atoms with Gasteiger partial charge in [0.15, 0.2) is 5.82 Å². The Hall–Kier alpha value is -3.32. The summed E-state index contributed by atoms with van der Waals surface area (Å²) >= 11 is 0. The van der Waals surface area contributed by atoms with Crippen molar-refractivity contribution in [3.05, 3.63) is 30.1 Å². The quantitative estimate of drug-likeness (QED) is 0.348. The second-order valence-electron chi connectivity index (χ2n) is 10.4. The molecule has 5 heterocycles. The van der Waals surface area contributed by atoms with E-state index in [0.29, 0.717) is 18.4 Å². The fourth-order valence-electron chi connectivity index (χ4n) is 4.49. The van der Waals surface area contributed by atoms with Crippen molar-refractivity contribution in [3.8, 4) is 11.3 Å². The molecule has 3 aromatic rings. The van der Waals surface area contributed by atoms with Crippen molar-refractivity contribution < 1.29 is 17.9 Å². The molecule has 3 aromatic heterocycles. The Morgan fingerprint density at radius 2 is 1.93 bits per heavy atom. The predicted octanol–water partition coefficient (Wildman–Crippen LogP) is 5.94. The third-order valence-corrected chi connectivity index (χ3v) is 7.25. The number of pyridine rings is 1. The average Bonchev–Trinajstić information content (AvgIpc) is 3.31. The molecule has 0 saturated carbocycles. The van der Waals surface area contributed by atoms with Gasteiger partial charge in [0.25, 0.3) is 0 Å². The van der Waals surface area contributed by atoms with E-state index in [-0.39, 0.29) is 18.3 Å². The van der Waals surface area contributed by atoms with Gasteiger partial charge in [0.05, 0.1) is 30.6 Å². The summed E-state index contributed by atoms with van der Waals surface area (Å²) in [7, 11) is 1.64. The van der Waals surface area contributed by atoms with E-state index in [2.05, 4.69) is 35.5 Å². The number of aryl methyl sites for hydroxylation is 1. The number of nitrogens with zero attached hydrogens (tertiary/aromatic N) is 7. The van der Waals surface area contributed by atoms with Crippen molar-refractivity contribution >= 4 is 23.0 Å². The summed E-state index contributed by atoms with van der Waals surface area (Å²) in [4.78, 5) is 11.2. The summed E-state index contributed by atoms with van der Waals surface area (Å²) in [5, 5.41) is 15.3. The van der Waals surface area contributed by atoms with Crippen LogP contribution in [-0.2, 0) is 4.74 Å². The number of nitrogens with two attached hydrogens (primary N) is 1. The summed E-state index contributed by atoms with van der Waals surface area (Å²) in [6.07, 6.45) is 0.680. The van der Waals surface area contributed by atoms with Gasteiger partial charge in [0, 0.05) is 38.3 Å². The van der Waals surface area contributed by atoms with Crippen LogP contribution in [0.25, 0.3) is 16.8 Å². The van der Waals surface area contributed by atoms with E-state index in [4.69, 9.17) is 10.5 Å². The van der Waals surface area contributed by atoms with Crippen LogP contribution in [0.2, 0.25) is 0 Å². The minimum atomic E-state index is -2.12. The van der Waals surface area contributed by atoms with Crippen molar-refractivity contribution in [1.29, 1.82) is 0 Å². The largest absolute Gasteiger partial charge is 0.378 e. The molecule has 5 rings (SSSR count). The van der Waals surface area contributed by atoms with Crippen molar-refractivity contribution in [2.45, 2.75) is 65.6 Å². The number of ether oxygens (including phenoxy) is 1. The highest BCUT2D eigenvalue weighted by atomic mass is 19.3. The molecule has 2 atom stereocenters. The fourth-order valence-corrected chi connectivity index (χ4v) is 4.49. The number of anilines is 2. The number of piperidine rings is 1. The summed E-state index contributed by atoms with van der Waals surface area (Å²) < 4.78 is 42.3. The first kappa shape index (κ1) is 32.2. The van der Waals surface area contributed by atoms with Crippen LogP contribution in [0.3, 0.4) is 0 Å². The predicted molar refractivity (Wildman–Crippen MR) is 156 cm³/mol. The molecule has 2 fully saturated rings. The van der Waals surface area contributed by atoms with Crippen molar-refractivity contribution in [2.24, 2.45) is 16.1 Å². The number of azo groups is 1. The van der Waals surface area contributed by atoms with Crippen LogP contribution in [0.1, 0.15) is 46.2 Å². The molecular formula is C28H42F3N9O. The number of aromatic nitrogens is 4. The van der Waals surface area contributed by atoms with Crippen molar-refractivity contribution in [1.82, 2.24) is 24.5 Å². The maximum absolute atomic E-state index is 14.0. The van der Waals surface area contributed by atoms with Crippen LogP contribution in [0, 0.1) is 12.8 Å². The molecule has 2 aliphatic heterocycles. The Labute approximate surface area is 239 Å². The third-order valence-electron chi connectivity index (χ3n) is 7.25. The van der Waals surface area contributed by atoms with E-state index < -0.39 is 12.1 Å². The maximum Gasteiger partial charge on any atom is 0.240 e. The zero-order valence-corrected chi connectivity index (χ0v) is 24.7. The van der Waals surface area contributed by atoms with Crippen LogP contribution in [-0.4, -0.2) is 82.5 Å². The zero-order valence-electron chi connectivity index (χ0n) is 24.7. The topological polar surface area (TPSA) is 118 Å². The van der Waals surface area contributed by atoms with E-state index >= 15 is 0 Å². The smallest absolute Gasteiger partial charge is 0.240 e. The number of nitrogen functional groups attached to an aromatic ring is 1. The highest BCUT2D eigenvalue weighted by molar-refractivity contribution is 5.87. The minimum Gasteiger partial charge on any atom is -0.378 e. The van der Waals surface area contributed by atoms with Gasteiger partial charge >= 0.3 is 0 Å². The number of likely N-dealkylation sites (tertiary alicyclic amines) is 1. The van der Waals surface area contributed by atoms with Crippen LogP contribution >= 0.6 is 0 Å². The molecule has 0 radical (unpaired) electrons. The Balaban J connectivity index is 0.000000215. The molecule has 0 bridgehead atoms. The van der Waals surface area contributed by atoms with Crippen molar-refractivity contribution in [2.75, 3.05) is 50.9 Å². The van der Waals surface area contributed by atoms with Crippen LogP contribution in [0.15, 0.2) is 34.6 Å².